The lowest BCUT2D eigenvalue weighted by atomic mass is 10.3. The number of carbonyl (C=O) groups is 2. The minimum Gasteiger partial charge on any atom is -0.481 e. The Bertz CT molecular complexity index is 308. The molecule has 0 aromatic rings. The second-order valence-electron chi connectivity index (χ2n) is 4.77. The van der Waals surface area contributed by atoms with Crippen LogP contribution in [-0.2, 0) is 4.79 Å². The maximum atomic E-state index is 12.3. The van der Waals surface area contributed by atoms with Gasteiger partial charge in [0, 0.05) is 31.4 Å². The van der Waals surface area contributed by atoms with Gasteiger partial charge in [-0.05, 0) is 26.0 Å². The van der Waals surface area contributed by atoms with Gasteiger partial charge in [0.25, 0.3) is 0 Å². The minimum absolute atomic E-state index is 0.0208. The zero-order valence-electron chi connectivity index (χ0n) is 11.3. The average Bonchev–Trinajstić information content (AvgIpc) is 3.12. The largest absolute Gasteiger partial charge is 0.481 e. The van der Waals surface area contributed by atoms with E-state index in [1.807, 2.05) is 13.2 Å². The van der Waals surface area contributed by atoms with E-state index in [1.165, 1.54) is 0 Å². The lowest BCUT2D eigenvalue weighted by Gasteiger charge is -2.31. The third kappa shape index (κ3) is 4.40. The molecule has 2 amide bonds. The molecule has 1 saturated carbocycles. The summed E-state index contributed by atoms with van der Waals surface area (Å²) in [4.78, 5) is 26.4. The van der Waals surface area contributed by atoms with Gasteiger partial charge in [-0.2, -0.15) is 11.8 Å². The summed E-state index contributed by atoms with van der Waals surface area (Å²) in [5, 5.41) is 8.72. The van der Waals surface area contributed by atoms with Crippen LogP contribution in [0.4, 0.5) is 4.79 Å². The molecule has 1 rings (SSSR count). The van der Waals surface area contributed by atoms with E-state index in [0.29, 0.717) is 6.54 Å². The van der Waals surface area contributed by atoms with Crippen molar-refractivity contribution < 1.29 is 14.7 Å². The lowest BCUT2D eigenvalue weighted by Crippen LogP contribution is -2.47. The molecule has 0 spiro atoms. The van der Waals surface area contributed by atoms with Gasteiger partial charge in [-0.15, -0.1) is 0 Å². The second-order valence-corrected chi connectivity index (χ2v) is 5.68. The van der Waals surface area contributed by atoms with Crippen LogP contribution in [0, 0.1) is 0 Å². The predicted molar refractivity (Wildman–Crippen MR) is 73.0 cm³/mol. The molecule has 1 unspecified atom stereocenters. The number of carbonyl (C=O) groups excluding carboxylic acids is 1. The molecule has 1 N–H and O–H groups in total. The Kier molecular flexibility index (Phi) is 5.78. The maximum Gasteiger partial charge on any atom is 0.320 e. The molecule has 0 heterocycles. The predicted octanol–water partition coefficient (Wildman–Crippen LogP) is 1.73. The fraction of sp³-hybridized carbons (Fsp3) is 0.833. The summed E-state index contributed by atoms with van der Waals surface area (Å²) in [5.74, 6) is 0.0351. The molecule has 6 heteroatoms. The van der Waals surface area contributed by atoms with E-state index in [0.717, 1.165) is 18.6 Å². The fourth-order valence-electron chi connectivity index (χ4n) is 1.78. The molecule has 104 valence electrons. The van der Waals surface area contributed by atoms with Crippen LogP contribution in [0.1, 0.15) is 26.2 Å². The summed E-state index contributed by atoms with van der Waals surface area (Å²) >= 11 is 1.70. The van der Waals surface area contributed by atoms with Gasteiger partial charge < -0.3 is 14.9 Å². The Hall–Kier alpha value is -0.910. The lowest BCUT2D eigenvalue weighted by molar-refractivity contribution is -0.137. The number of thioether (sulfide) groups is 1. The molecule has 0 saturated heterocycles. The van der Waals surface area contributed by atoms with E-state index in [-0.39, 0.29) is 24.5 Å². The van der Waals surface area contributed by atoms with Crippen molar-refractivity contribution in [3.8, 4) is 0 Å². The summed E-state index contributed by atoms with van der Waals surface area (Å²) in [6.45, 7) is 2.33. The van der Waals surface area contributed by atoms with Crippen molar-refractivity contribution in [2.45, 2.75) is 38.3 Å². The van der Waals surface area contributed by atoms with Gasteiger partial charge in [0.2, 0.25) is 0 Å². The van der Waals surface area contributed by atoms with Gasteiger partial charge in [-0.3, -0.25) is 4.79 Å². The Balaban J connectivity index is 2.55. The highest BCUT2D eigenvalue weighted by Gasteiger charge is 2.34. The standard InChI is InChI=1S/C12H22N2O3S/c1-9(8-18-3)13(2)12(17)14(10-4-5-10)7-6-11(15)16/h9-10H,4-8H2,1-3H3,(H,15,16). The van der Waals surface area contributed by atoms with E-state index in [1.54, 1.807) is 28.6 Å². The number of hydrogen-bond acceptors (Lipinski definition) is 3. The third-order valence-corrected chi connectivity index (χ3v) is 3.99. The first-order valence-electron chi connectivity index (χ1n) is 6.21. The normalized spacial score (nSPS) is 16.2. The van der Waals surface area contributed by atoms with Crippen LogP contribution < -0.4 is 0 Å². The molecule has 1 aliphatic carbocycles. The topological polar surface area (TPSA) is 60.9 Å². The first-order valence-corrected chi connectivity index (χ1v) is 7.61. The van der Waals surface area contributed by atoms with E-state index < -0.39 is 5.97 Å². The van der Waals surface area contributed by atoms with Gasteiger partial charge in [-0.1, -0.05) is 0 Å². The summed E-state index contributed by atoms with van der Waals surface area (Å²) in [7, 11) is 1.79. The molecule has 1 fully saturated rings. The highest BCUT2D eigenvalue weighted by molar-refractivity contribution is 7.98. The van der Waals surface area contributed by atoms with E-state index in [9.17, 15) is 9.59 Å². The van der Waals surface area contributed by atoms with Gasteiger partial charge in [-0.25, -0.2) is 4.79 Å². The first-order chi connectivity index (χ1) is 8.47. The molecule has 1 aliphatic rings. The van der Waals surface area contributed by atoms with Crippen molar-refractivity contribution in [1.82, 2.24) is 9.80 Å². The van der Waals surface area contributed by atoms with Crippen LogP contribution in [0.3, 0.4) is 0 Å². The summed E-state index contributed by atoms with van der Waals surface area (Å²) in [5.41, 5.74) is 0. The van der Waals surface area contributed by atoms with E-state index in [4.69, 9.17) is 5.11 Å². The number of hydrogen-bond donors (Lipinski definition) is 1. The number of rotatable bonds is 7. The zero-order valence-corrected chi connectivity index (χ0v) is 12.1. The molecule has 0 aliphatic heterocycles. The van der Waals surface area contributed by atoms with Gasteiger partial charge in [0.1, 0.15) is 0 Å². The summed E-state index contributed by atoms with van der Waals surface area (Å²) < 4.78 is 0. The minimum atomic E-state index is -0.853. The Morgan fingerprint density at radius 2 is 2.06 bits per heavy atom. The van der Waals surface area contributed by atoms with Crippen molar-refractivity contribution in [3.63, 3.8) is 0 Å². The van der Waals surface area contributed by atoms with Crippen LogP contribution in [0.5, 0.6) is 0 Å². The van der Waals surface area contributed by atoms with Gasteiger partial charge >= 0.3 is 12.0 Å². The van der Waals surface area contributed by atoms with Crippen molar-refractivity contribution in [2.24, 2.45) is 0 Å². The molecular weight excluding hydrogens is 252 g/mol. The molecule has 0 bridgehead atoms. The summed E-state index contributed by atoms with van der Waals surface area (Å²) in [6.07, 6.45) is 4.02. The number of amides is 2. The number of carboxylic acids is 1. The van der Waals surface area contributed by atoms with Crippen LogP contribution >= 0.6 is 11.8 Å². The zero-order chi connectivity index (χ0) is 13.7. The molecule has 0 radical (unpaired) electrons. The number of aliphatic carboxylic acids is 1. The second kappa shape index (κ2) is 6.87. The fourth-order valence-corrected chi connectivity index (χ4v) is 2.49. The van der Waals surface area contributed by atoms with Crippen LogP contribution in [0.25, 0.3) is 0 Å². The van der Waals surface area contributed by atoms with Crippen molar-refractivity contribution in [3.05, 3.63) is 0 Å². The number of carboxylic acid groups (broad SMARTS) is 1. The van der Waals surface area contributed by atoms with E-state index in [2.05, 4.69) is 0 Å². The van der Waals surface area contributed by atoms with Crippen LogP contribution in [-0.4, -0.2) is 64.6 Å². The third-order valence-electron chi connectivity index (χ3n) is 3.17. The van der Waals surface area contributed by atoms with Crippen molar-refractivity contribution >= 4 is 23.8 Å². The smallest absolute Gasteiger partial charge is 0.320 e. The van der Waals surface area contributed by atoms with Gasteiger partial charge in [0.05, 0.1) is 6.42 Å². The number of urea groups is 1. The monoisotopic (exact) mass is 274 g/mol. The SMILES string of the molecule is CSCC(C)N(C)C(=O)N(CCC(=O)O)C1CC1. The molecule has 0 aromatic carbocycles. The van der Waals surface area contributed by atoms with Crippen LogP contribution in [0.2, 0.25) is 0 Å². The van der Waals surface area contributed by atoms with Crippen molar-refractivity contribution in [2.75, 3.05) is 25.6 Å². The molecular formula is C12H22N2O3S. The Morgan fingerprint density at radius 1 is 1.44 bits per heavy atom. The Morgan fingerprint density at radius 3 is 2.50 bits per heavy atom. The van der Waals surface area contributed by atoms with Crippen LogP contribution in [0.15, 0.2) is 0 Å². The van der Waals surface area contributed by atoms with Gasteiger partial charge in [0.15, 0.2) is 0 Å². The highest BCUT2D eigenvalue weighted by atomic mass is 32.2. The molecule has 0 aromatic heterocycles. The Labute approximate surface area is 113 Å². The molecule has 18 heavy (non-hydrogen) atoms. The quantitative estimate of drug-likeness (QED) is 0.768. The molecule has 1 atom stereocenters. The highest BCUT2D eigenvalue weighted by Crippen LogP contribution is 2.28. The summed E-state index contributed by atoms with van der Waals surface area (Å²) in [6, 6.07) is 0.375. The number of nitrogens with zero attached hydrogens (tertiary/aromatic N) is 2. The maximum absolute atomic E-state index is 12.3. The van der Waals surface area contributed by atoms with E-state index >= 15 is 0 Å². The average molecular weight is 274 g/mol. The van der Waals surface area contributed by atoms with Crippen molar-refractivity contribution in [1.29, 1.82) is 0 Å². The first kappa shape index (κ1) is 15.1. The molecule has 5 nitrogen and oxygen atoms in total.